The number of hydrogen-bond donors (Lipinski definition) is 2. The number of likely N-dealkylation sites (N-methyl/N-ethyl adjacent to an activating group) is 1. The maximum Gasteiger partial charge on any atom is 0.0623 e. The van der Waals surface area contributed by atoms with Crippen LogP contribution in [-0.4, -0.2) is 42.3 Å². The van der Waals surface area contributed by atoms with Crippen LogP contribution in [0, 0.1) is 0 Å². The minimum atomic E-state index is -0.202. The van der Waals surface area contributed by atoms with Crippen molar-refractivity contribution in [1.82, 2.24) is 10.2 Å². The molecule has 0 aliphatic carbocycles. The molecule has 1 heterocycles. The Labute approximate surface area is 103 Å². The quantitative estimate of drug-likeness (QED) is 0.816. The average Bonchev–Trinajstić information content (AvgIpc) is 2.38. The summed E-state index contributed by atoms with van der Waals surface area (Å²) in [4.78, 5) is 2.41. The highest BCUT2D eigenvalue weighted by Gasteiger charge is 2.26. The van der Waals surface area contributed by atoms with E-state index < -0.39 is 0 Å². The molecule has 0 fully saturated rings. The van der Waals surface area contributed by atoms with Gasteiger partial charge in [-0.25, -0.2) is 0 Å². The van der Waals surface area contributed by atoms with Gasteiger partial charge in [0.15, 0.2) is 0 Å². The van der Waals surface area contributed by atoms with Gasteiger partial charge in [0.05, 0.1) is 12.1 Å². The van der Waals surface area contributed by atoms with Crippen molar-refractivity contribution in [3.8, 4) is 0 Å². The van der Waals surface area contributed by atoms with E-state index in [2.05, 4.69) is 41.4 Å². The molecule has 2 N–H and O–H groups in total. The van der Waals surface area contributed by atoms with Gasteiger partial charge in [-0.3, -0.25) is 4.90 Å². The number of nitrogens with zero attached hydrogens (tertiary/aromatic N) is 1. The maximum absolute atomic E-state index is 9.42. The van der Waals surface area contributed by atoms with E-state index in [0.29, 0.717) is 0 Å². The fourth-order valence-electron chi connectivity index (χ4n) is 2.39. The van der Waals surface area contributed by atoms with Gasteiger partial charge < -0.3 is 10.4 Å². The predicted molar refractivity (Wildman–Crippen MR) is 70.0 cm³/mol. The highest BCUT2D eigenvalue weighted by atomic mass is 16.3. The van der Waals surface area contributed by atoms with Gasteiger partial charge >= 0.3 is 0 Å². The lowest BCUT2D eigenvalue weighted by Crippen LogP contribution is -2.53. The molecule has 0 spiro atoms. The van der Waals surface area contributed by atoms with Crippen molar-refractivity contribution in [3.63, 3.8) is 0 Å². The van der Waals surface area contributed by atoms with Crippen LogP contribution >= 0.6 is 0 Å². The number of benzene rings is 1. The Morgan fingerprint density at radius 2 is 2.06 bits per heavy atom. The van der Waals surface area contributed by atoms with E-state index in [1.54, 1.807) is 0 Å². The molecule has 1 aliphatic heterocycles. The van der Waals surface area contributed by atoms with Crippen LogP contribution in [0.5, 0.6) is 0 Å². The summed E-state index contributed by atoms with van der Waals surface area (Å²) in [5.74, 6) is 0. The third-order valence-electron chi connectivity index (χ3n) is 3.73. The molecule has 1 aromatic rings. The second kappa shape index (κ2) is 5.17. The molecule has 3 nitrogen and oxygen atoms in total. The third kappa shape index (κ3) is 2.86. The van der Waals surface area contributed by atoms with Crippen LogP contribution in [-0.2, 0) is 13.0 Å². The van der Waals surface area contributed by atoms with Gasteiger partial charge in [0.1, 0.15) is 0 Å². The van der Waals surface area contributed by atoms with E-state index >= 15 is 0 Å². The summed E-state index contributed by atoms with van der Waals surface area (Å²) in [5.41, 5.74) is 2.70. The molecule has 0 aromatic heterocycles. The Morgan fingerprint density at radius 1 is 1.35 bits per heavy atom. The molecule has 0 radical (unpaired) electrons. The van der Waals surface area contributed by atoms with Crippen LogP contribution in [0.1, 0.15) is 18.1 Å². The van der Waals surface area contributed by atoms with Crippen molar-refractivity contribution < 1.29 is 5.11 Å². The summed E-state index contributed by atoms with van der Waals surface area (Å²) >= 11 is 0. The monoisotopic (exact) mass is 234 g/mol. The molecule has 0 amide bonds. The minimum absolute atomic E-state index is 0.168. The van der Waals surface area contributed by atoms with E-state index in [0.717, 1.165) is 26.1 Å². The van der Waals surface area contributed by atoms with Crippen LogP contribution in [0.4, 0.5) is 0 Å². The van der Waals surface area contributed by atoms with Gasteiger partial charge in [-0.15, -0.1) is 0 Å². The first-order valence-corrected chi connectivity index (χ1v) is 6.26. The summed E-state index contributed by atoms with van der Waals surface area (Å²) in [7, 11) is 1.91. The normalized spacial score (nSPS) is 19.7. The van der Waals surface area contributed by atoms with Crippen LogP contribution < -0.4 is 5.32 Å². The molecule has 1 unspecified atom stereocenters. The third-order valence-corrected chi connectivity index (χ3v) is 3.73. The Bertz CT molecular complexity index is 374. The first kappa shape index (κ1) is 12.6. The van der Waals surface area contributed by atoms with Crippen LogP contribution in [0.2, 0.25) is 0 Å². The van der Waals surface area contributed by atoms with E-state index in [9.17, 15) is 5.11 Å². The molecular weight excluding hydrogens is 212 g/mol. The Morgan fingerprint density at radius 3 is 2.71 bits per heavy atom. The van der Waals surface area contributed by atoms with E-state index in [-0.39, 0.29) is 12.1 Å². The predicted octanol–water partition coefficient (Wildman–Crippen LogP) is 1.02. The molecular formula is C14H22N2O. The number of aliphatic hydroxyl groups excluding tert-OH is 1. The molecule has 1 atom stereocenters. The Hall–Kier alpha value is -0.900. The zero-order valence-corrected chi connectivity index (χ0v) is 10.7. The zero-order valence-electron chi connectivity index (χ0n) is 10.7. The van der Waals surface area contributed by atoms with Crippen molar-refractivity contribution in [2.75, 3.05) is 26.7 Å². The summed E-state index contributed by atoms with van der Waals surface area (Å²) in [6, 6.07) is 8.64. The second-order valence-corrected chi connectivity index (χ2v) is 5.20. The van der Waals surface area contributed by atoms with Gasteiger partial charge in [-0.05, 0) is 31.5 Å². The average molecular weight is 234 g/mol. The van der Waals surface area contributed by atoms with Crippen molar-refractivity contribution in [1.29, 1.82) is 0 Å². The van der Waals surface area contributed by atoms with E-state index in [1.165, 1.54) is 11.1 Å². The molecule has 2 rings (SSSR count). The fraction of sp³-hybridized carbons (Fsp3) is 0.571. The number of rotatable bonds is 4. The first-order chi connectivity index (χ1) is 8.17. The highest BCUT2D eigenvalue weighted by molar-refractivity contribution is 5.29. The standard InChI is InChI=1S/C14H22N2O/c1-14(11-17,15-2)10-16-8-7-12-5-3-4-6-13(12)9-16/h3-6,15,17H,7-11H2,1-2H3. The largest absolute Gasteiger partial charge is 0.394 e. The lowest BCUT2D eigenvalue weighted by atomic mass is 9.97. The Balaban J connectivity index is 2.03. The lowest BCUT2D eigenvalue weighted by molar-refractivity contribution is 0.119. The van der Waals surface area contributed by atoms with Crippen LogP contribution in [0.15, 0.2) is 24.3 Å². The van der Waals surface area contributed by atoms with Gasteiger partial charge in [0.25, 0.3) is 0 Å². The summed E-state index contributed by atoms with van der Waals surface area (Å²) in [6.45, 7) is 5.19. The fourth-order valence-corrected chi connectivity index (χ4v) is 2.39. The molecule has 3 heteroatoms. The zero-order chi connectivity index (χ0) is 12.3. The molecule has 0 bridgehead atoms. The Kier molecular flexibility index (Phi) is 3.82. The number of fused-ring (bicyclic) bond motifs is 1. The summed E-state index contributed by atoms with van der Waals surface area (Å²) in [5, 5.41) is 12.6. The van der Waals surface area contributed by atoms with Crippen LogP contribution in [0.3, 0.4) is 0 Å². The van der Waals surface area contributed by atoms with Gasteiger partial charge in [-0.2, -0.15) is 0 Å². The number of aliphatic hydroxyl groups is 1. The second-order valence-electron chi connectivity index (χ2n) is 5.20. The van der Waals surface area contributed by atoms with Crippen molar-refractivity contribution in [2.45, 2.75) is 25.4 Å². The van der Waals surface area contributed by atoms with E-state index in [1.807, 2.05) is 7.05 Å². The molecule has 1 aliphatic rings. The van der Waals surface area contributed by atoms with Crippen molar-refractivity contribution in [2.24, 2.45) is 0 Å². The van der Waals surface area contributed by atoms with Crippen molar-refractivity contribution in [3.05, 3.63) is 35.4 Å². The van der Waals surface area contributed by atoms with Gasteiger partial charge in [0.2, 0.25) is 0 Å². The van der Waals surface area contributed by atoms with Gasteiger partial charge in [-0.1, -0.05) is 24.3 Å². The number of nitrogens with one attached hydrogen (secondary N) is 1. The lowest BCUT2D eigenvalue weighted by Gasteiger charge is -2.36. The summed E-state index contributed by atoms with van der Waals surface area (Å²) in [6.07, 6.45) is 1.11. The number of hydrogen-bond acceptors (Lipinski definition) is 3. The molecule has 17 heavy (non-hydrogen) atoms. The molecule has 0 saturated heterocycles. The summed E-state index contributed by atoms with van der Waals surface area (Å²) < 4.78 is 0. The van der Waals surface area contributed by atoms with Crippen LogP contribution in [0.25, 0.3) is 0 Å². The minimum Gasteiger partial charge on any atom is -0.394 e. The van der Waals surface area contributed by atoms with Crippen molar-refractivity contribution >= 4 is 0 Å². The molecule has 94 valence electrons. The van der Waals surface area contributed by atoms with Gasteiger partial charge in [0, 0.05) is 19.6 Å². The topological polar surface area (TPSA) is 35.5 Å². The maximum atomic E-state index is 9.42. The molecule has 0 saturated carbocycles. The SMILES string of the molecule is CNC(C)(CO)CN1CCc2ccccc2C1. The first-order valence-electron chi connectivity index (χ1n) is 6.26. The highest BCUT2D eigenvalue weighted by Crippen LogP contribution is 2.19. The smallest absolute Gasteiger partial charge is 0.0623 e. The molecule has 1 aromatic carbocycles. The van der Waals surface area contributed by atoms with E-state index in [4.69, 9.17) is 0 Å².